The Kier molecular flexibility index (Phi) is 2.17. The molecule has 1 aromatic rings. The summed E-state index contributed by atoms with van der Waals surface area (Å²) in [6.45, 7) is 2.05. The van der Waals surface area contributed by atoms with E-state index < -0.39 is 0 Å². The molecular weight excluding hydrogens is 128 g/mol. The molecule has 0 aliphatic carbocycles. The number of hydrogen-bond donors (Lipinski definition) is 1. The molecule has 0 nitrogen and oxygen atoms in total. The fourth-order valence-corrected chi connectivity index (χ4v) is 0.850. The summed E-state index contributed by atoms with van der Waals surface area (Å²) in [6.07, 6.45) is 0. The van der Waals surface area contributed by atoms with Crippen molar-refractivity contribution in [3.05, 3.63) is 35.9 Å². The van der Waals surface area contributed by atoms with Crippen LogP contribution in [0.4, 0.5) is 0 Å². The van der Waals surface area contributed by atoms with E-state index >= 15 is 0 Å². The van der Waals surface area contributed by atoms with E-state index in [1.807, 2.05) is 24.3 Å². The van der Waals surface area contributed by atoms with E-state index in [1.54, 1.807) is 0 Å². The van der Waals surface area contributed by atoms with Gasteiger partial charge in [-0.15, -0.1) is 0 Å². The minimum Gasteiger partial charge on any atom is -0.171 e. The van der Waals surface area contributed by atoms with E-state index in [9.17, 15) is 0 Å². The average molecular weight is 137 g/mol. The second-order valence-electron chi connectivity index (χ2n) is 2.01. The predicted molar refractivity (Wildman–Crippen MR) is 42.7 cm³/mol. The van der Waals surface area contributed by atoms with Crippen LogP contribution in [0.25, 0.3) is 0 Å². The van der Waals surface area contributed by atoms with Crippen LogP contribution in [0, 0.1) is 6.07 Å². The first kappa shape index (κ1) is 6.69. The SMILES string of the molecule is CC(S)c1cc[c]cc1. The molecule has 0 amide bonds. The molecule has 0 aromatic heterocycles. The fourth-order valence-electron chi connectivity index (χ4n) is 0.678. The molecule has 9 heavy (non-hydrogen) atoms. The lowest BCUT2D eigenvalue weighted by Crippen LogP contribution is -1.80. The lowest BCUT2D eigenvalue weighted by molar-refractivity contribution is 1.11. The van der Waals surface area contributed by atoms with Gasteiger partial charge in [-0.25, -0.2) is 0 Å². The fraction of sp³-hybridized carbons (Fsp3) is 0.250. The van der Waals surface area contributed by atoms with Crippen LogP contribution in [0.3, 0.4) is 0 Å². The number of rotatable bonds is 1. The van der Waals surface area contributed by atoms with Gasteiger partial charge < -0.3 is 0 Å². The molecule has 0 bridgehead atoms. The first-order chi connectivity index (χ1) is 4.30. The van der Waals surface area contributed by atoms with Crippen LogP contribution in [0.5, 0.6) is 0 Å². The minimum absolute atomic E-state index is 0.333. The highest BCUT2D eigenvalue weighted by molar-refractivity contribution is 7.80. The molecule has 0 aliphatic rings. The van der Waals surface area contributed by atoms with Crippen LogP contribution >= 0.6 is 12.6 Å². The number of hydrogen-bond acceptors (Lipinski definition) is 1. The lowest BCUT2D eigenvalue weighted by atomic mass is 10.2. The maximum Gasteiger partial charge on any atom is 0.0238 e. The Balaban J connectivity index is 2.85. The predicted octanol–water partition coefficient (Wildman–Crippen LogP) is 2.48. The summed E-state index contributed by atoms with van der Waals surface area (Å²) in [5, 5.41) is 0.333. The Bertz CT molecular complexity index is 167. The summed E-state index contributed by atoms with van der Waals surface area (Å²) >= 11 is 4.27. The van der Waals surface area contributed by atoms with Crippen molar-refractivity contribution in [1.29, 1.82) is 0 Å². The highest BCUT2D eigenvalue weighted by atomic mass is 32.1. The molecule has 1 atom stereocenters. The maximum atomic E-state index is 4.27. The summed E-state index contributed by atoms with van der Waals surface area (Å²) in [7, 11) is 0. The first-order valence-corrected chi connectivity index (χ1v) is 3.46. The van der Waals surface area contributed by atoms with Crippen molar-refractivity contribution >= 4 is 12.6 Å². The van der Waals surface area contributed by atoms with Gasteiger partial charge in [-0.3, -0.25) is 0 Å². The van der Waals surface area contributed by atoms with Gasteiger partial charge in [0.05, 0.1) is 0 Å². The largest absolute Gasteiger partial charge is 0.171 e. The summed E-state index contributed by atoms with van der Waals surface area (Å²) in [6, 6.07) is 10.8. The number of benzene rings is 1. The van der Waals surface area contributed by atoms with Gasteiger partial charge in [0.1, 0.15) is 0 Å². The topological polar surface area (TPSA) is 0 Å². The minimum atomic E-state index is 0.333. The Morgan fingerprint density at radius 3 is 2.33 bits per heavy atom. The zero-order valence-electron chi connectivity index (χ0n) is 5.33. The van der Waals surface area contributed by atoms with E-state index in [2.05, 4.69) is 25.6 Å². The summed E-state index contributed by atoms with van der Waals surface area (Å²) in [5.74, 6) is 0. The van der Waals surface area contributed by atoms with E-state index in [4.69, 9.17) is 0 Å². The molecule has 0 saturated heterocycles. The second-order valence-corrected chi connectivity index (χ2v) is 2.78. The van der Waals surface area contributed by atoms with Crippen LogP contribution in [0.2, 0.25) is 0 Å². The Hall–Kier alpha value is -0.430. The van der Waals surface area contributed by atoms with Crippen molar-refractivity contribution in [2.45, 2.75) is 12.2 Å². The van der Waals surface area contributed by atoms with Crippen LogP contribution < -0.4 is 0 Å². The van der Waals surface area contributed by atoms with E-state index in [-0.39, 0.29) is 0 Å². The molecule has 1 radical (unpaired) electrons. The average Bonchev–Trinajstić information content (AvgIpc) is 1.90. The molecule has 1 rings (SSSR count). The van der Waals surface area contributed by atoms with Gasteiger partial charge in [0.2, 0.25) is 0 Å². The third-order valence-corrected chi connectivity index (χ3v) is 1.52. The standard InChI is InChI=1S/C8H9S/c1-7(9)8-5-3-2-4-6-8/h3-7,9H,1H3. The monoisotopic (exact) mass is 137 g/mol. The lowest BCUT2D eigenvalue weighted by Gasteiger charge is -2.00. The van der Waals surface area contributed by atoms with Crippen molar-refractivity contribution in [3.8, 4) is 0 Å². The highest BCUT2D eigenvalue weighted by Crippen LogP contribution is 2.16. The molecule has 1 aromatic carbocycles. The Morgan fingerprint density at radius 1 is 1.44 bits per heavy atom. The smallest absolute Gasteiger partial charge is 0.0238 e. The zero-order valence-corrected chi connectivity index (χ0v) is 6.23. The van der Waals surface area contributed by atoms with Crippen molar-refractivity contribution < 1.29 is 0 Å². The van der Waals surface area contributed by atoms with Crippen molar-refractivity contribution in [1.82, 2.24) is 0 Å². The molecule has 0 N–H and O–H groups in total. The molecule has 47 valence electrons. The van der Waals surface area contributed by atoms with E-state index in [1.165, 1.54) is 5.56 Å². The van der Waals surface area contributed by atoms with Crippen LogP contribution in [0.15, 0.2) is 24.3 Å². The first-order valence-electron chi connectivity index (χ1n) is 2.95. The molecule has 0 heterocycles. The molecule has 0 spiro atoms. The van der Waals surface area contributed by atoms with Gasteiger partial charge in [0, 0.05) is 5.25 Å². The molecular formula is C8H9S. The van der Waals surface area contributed by atoms with Gasteiger partial charge in [0.15, 0.2) is 0 Å². The van der Waals surface area contributed by atoms with Crippen LogP contribution in [0.1, 0.15) is 17.7 Å². The van der Waals surface area contributed by atoms with Crippen LogP contribution in [-0.4, -0.2) is 0 Å². The summed E-state index contributed by atoms with van der Waals surface area (Å²) < 4.78 is 0. The third kappa shape index (κ3) is 1.75. The highest BCUT2D eigenvalue weighted by Gasteiger charge is 1.94. The summed E-state index contributed by atoms with van der Waals surface area (Å²) in [5.41, 5.74) is 1.25. The summed E-state index contributed by atoms with van der Waals surface area (Å²) in [4.78, 5) is 0. The third-order valence-electron chi connectivity index (χ3n) is 1.23. The van der Waals surface area contributed by atoms with Gasteiger partial charge in [-0.2, -0.15) is 12.6 Å². The van der Waals surface area contributed by atoms with Crippen molar-refractivity contribution in [2.24, 2.45) is 0 Å². The molecule has 1 unspecified atom stereocenters. The molecule has 0 fully saturated rings. The van der Waals surface area contributed by atoms with Gasteiger partial charge in [0.25, 0.3) is 0 Å². The van der Waals surface area contributed by atoms with Crippen molar-refractivity contribution in [2.75, 3.05) is 0 Å². The second kappa shape index (κ2) is 2.92. The van der Waals surface area contributed by atoms with Crippen molar-refractivity contribution in [3.63, 3.8) is 0 Å². The molecule has 1 heteroatoms. The maximum absolute atomic E-state index is 4.27. The van der Waals surface area contributed by atoms with Gasteiger partial charge in [-0.1, -0.05) is 24.3 Å². The zero-order chi connectivity index (χ0) is 6.69. The number of thiol groups is 1. The normalized spacial score (nSPS) is 13.1. The Morgan fingerprint density at radius 2 is 2.00 bits per heavy atom. The molecule has 0 saturated carbocycles. The Labute approximate surface area is 61.3 Å². The molecule has 0 aliphatic heterocycles. The van der Waals surface area contributed by atoms with E-state index in [0.29, 0.717) is 5.25 Å². The quantitative estimate of drug-likeness (QED) is 0.565. The van der Waals surface area contributed by atoms with Crippen LogP contribution in [-0.2, 0) is 0 Å². The van der Waals surface area contributed by atoms with Gasteiger partial charge in [-0.05, 0) is 18.6 Å². The van der Waals surface area contributed by atoms with Gasteiger partial charge >= 0.3 is 0 Å². The van der Waals surface area contributed by atoms with E-state index in [0.717, 1.165) is 0 Å².